The highest BCUT2D eigenvalue weighted by molar-refractivity contribution is 6.00. The fraction of sp³-hybridized carbons (Fsp3) is 0.0909. The summed E-state index contributed by atoms with van der Waals surface area (Å²) in [7, 11) is 0. The Morgan fingerprint density at radius 1 is 0.679 bits per heavy atom. The number of hydrogen-bond acceptors (Lipinski definition) is 2. The lowest BCUT2D eigenvalue weighted by Gasteiger charge is -2.11. The molecule has 142 valence electrons. The molecule has 0 fully saturated rings. The van der Waals surface area contributed by atoms with Gasteiger partial charge in [-0.15, -0.1) is 0 Å². The van der Waals surface area contributed by atoms with Gasteiger partial charge in [-0.2, -0.15) is 0 Å². The number of rotatable bonds is 5. The average molecular weight is 374 g/mol. The van der Waals surface area contributed by atoms with Crippen LogP contribution in [-0.2, 0) is 6.54 Å². The first kappa shape index (κ1) is 19.0. The van der Waals surface area contributed by atoms with Crippen molar-refractivity contribution in [3.05, 3.63) is 90.0 Å². The lowest BCUT2D eigenvalue weighted by Crippen LogP contribution is -2.28. The van der Waals surface area contributed by atoms with Crippen molar-refractivity contribution in [1.29, 1.82) is 0 Å². The number of urea groups is 2. The molecule has 3 aromatic rings. The summed E-state index contributed by atoms with van der Waals surface area (Å²) in [4.78, 5) is 24.2. The van der Waals surface area contributed by atoms with E-state index in [-0.39, 0.29) is 12.1 Å². The van der Waals surface area contributed by atoms with Crippen LogP contribution in [0.3, 0.4) is 0 Å². The smallest absolute Gasteiger partial charge is 0.323 e. The molecule has 3 rings (SSSR count). The first-order valence-corrected chi connectivity index (χ1v) is 8.92. The van der Waals surface area contributed by atoms with Gasteiger partial charge in [0.05, 0.1) is 0 Å². The predicted octanol–water partition coefficient (Wildman–Crippen LogP) is 4.96. The van der Waals surface area contributed by atoms with Crippen LogP contribution in [0.1, 0.15) is 11.1 Å². The standard InChI is InChI=1S/C22H22N4O2/c1-16-7-5-8-17(13-16)15-23-21(27)25-19-11-6-12-20(14-19)26-22(28)24-18-9-3-2-4-10-18/h2-14H,15H2,1H3,(H2,23,25,27)(H2,24,26,28). The molecular formula is C22H22N4O2. The fourth-order valence-corrected chi connectivity index (χ4v) is 2.67. The second-order valence-electron chi connectivity index (χ2n) is 6.32. The zero-order valence-corrected chi connectivity index (χ0v) is 15.5. The fourth-order valence-electron chi connectivity index (χ4n) is 2.67. The normalized spacial score (nSPS) is 10.0. The summed E-state index contributed by atoms with van der Waals surface area (Å²) < 4.78 is 0. The largest absolute Gasteiger partial charge is 0.334 e. The Kier molecular flexibility index (Phi) is 6.25. The van der Waals surface area contributed by atoms with Crippen LogP contribution < -0.4 is 21.3 Å². The molecule has 0 atom stereocenters. The quantitative estimate of drug-likeness (QED) is 0.509. The van der Waals surface area contributed by atoms with Gasteiger partial charge in [0, 0.05) is 23.6 Å². The number of aryl methyl sites for hydroxylation is 1. The summed E-state index contributed by atoms with van der Waals surface area (Å²) >= 11 is 0. The van der Waals surface area contributed by atoms with Crippen LogP contribution in [0, 0.1) is 6.92 Å². The second-order valence-corrected chi connectivity index (χ2v) is 6.32. The molecule has 0 heterocycles. The van der Waals surface area contributed by atoms with Gasteiger partial charge in [-0.25, -0.2) is 9.59 Å². The molecule has 4 N–H and O–H groups in total. The molecule has 0 aliphatic heterocycles. The SMILES string of the molecule is Cc1cccc(CNC(=O)Nc2cccc(NC(=O)Nc3ccccc3)c2)c1. The lowest BCUT2D eigenvalue weighted by molar-refractivity contribution is 0.251. The van der Waals surface area contributed by atoms with Crippen molar-refractivity contribution in [3.8, 4) is 0 Å². The minimum absolute atomic E-state index is 0.313. The zero-order chi connectivity index (χ0) is 19.8. The highest BCUT2D eigenvalue weighted by Crippen LogP contribution is 2.16. The molecule has 6 heteroatoms. The number of hydrogen-bond donors (Lipinski definition) is 4. The summed E-state index contributed by atoms with van der Waals surface area (Å²) in [5.74, 6) is 0. The number of anilines is 3. The third-order valence-electron chi connectivity index (χ3n) is 3.95. The average Bonchev–Trinajstić information content (AvgIpc) is 2.67. The van der Waals surface area contributed by atoms with E-state index in [0.29, 0.717) is 23.6 Å². The van der Waals surface area contributed by atoms with E-state index >= 15 is 0 Å². The highest BCUT2D eigenvalue weighted by Gasteiger charge is 2.05. The minimum atomic E-state index is -0.354. The number of carbonyl (C=O) groups excluding carboxylic acids is 2. The Labute approximate surface area is 164 Å². The molecule has 0 saturated carbocycles. The number of carbonyl (C=O) groups is 2. The molecule has 6 nitrogen and oxygen atoms in total. The molecule has 4 amide bonds. The Morgan fingerprint density at radius 3 is 2.00 bits per heavy atom. The Morgan fingerprint density at radius 2 is 1.29 bits per heavy atom. The number of benzene rings is 3. The van der Waals surface area contributed by atoms with E-state index in [2.05, 4.69) is 21.3 Å². The maximum atomic E-state index is 12.1. The van der Waals surface area contributed by atoms with Gasteiger partial charge in [0.1, 0.15) is 0 Å². The molecule has 28 heavy (non-hydrogen) atoms. The van der Waals surface area contributed by atoms with Gasteiger partial charge in [0.2, 0.25) is 0 Å². The molecule has 0 aliphatic carbocycles. The molecule has 0 saturated heterocycles. The molecule has 0 aliphatic rings. The van der Waals surface area contributed by atoms with Gasteiger partial charge in [0.15, 0.2) is 0 Å². The van der Waals surface area contributed by atoms with E-state index in [1.807, 2.05) is 49.4 Å². The third kappa shape index (κ3) is 5.88. The van der Waals surface area contributed by atoms with E-state index in [1.54, 1.807) is 36.4 Å². The van der Waals surface area contributed by atoms with Crippen LogP contribution >= 0.6 is 0 Å². The first-order valence-electron chi connectivity index (χ1n) is 8.92. The van der Waals surface area contributed by atoms with Gasteiger partial charge in [-0.05, 0) is 42.8 Å². The van der Waals surface area contributed by atoms with E-state index in [1.165, 1.54) is 0 Å². The molecule has 0 radical (unpaired) electrons. The summed E-state index contributed by atoms with van der Waals surface area (Å²) in [5.41, 5.74) is 4.03. The summed E-state index contributed by atoms with van der Waals surface area (Å²) in [6, 6.07) is 23.4. The second kappa shape index (κ2) is 9.23. The van der Waals surface area contributed by atoms with Crippen LogP contribution in [0.15, 0.2) is 78.9 Å². The van der Waals surface area contributed by atoms with E-state index < -0.39 is 0 Å². The van der Waals surface area contributed by atoms with Crippen molar-refractivity contribution in [2.45, 2.75) is 13.5 Å². The molecular weight excluding hydrogens is 352 g/mol. The van der Waals surface area contributed by atoms with Gasteiger partial charge in [0.25, 0.3) is 0 Å². The van der Waals surface area contributed by atoms with Crippen molar-refractivity contribution in [3.63, 3.8) is 0 Å². The zero-order valence-electron chi connectivity index (χ0n) is 15.5. The predicted molar refractivity (Wildman–Crippen MR) is 113 cm³/mol. The van der Waals surface area contributed by atoms with Crippen molar-refractivity contribution >= 4 is 29.1 Å². The summed E-state index contributed by atoms with van der Waals surface area (Å²) in [5, 5.41) is 11.1. The van der Waals surface area contributed by atoms with Crippen LogP contribution in [0.5, 0.6) is 0 Å². The maximum Gasteiger partial charge on any atom is 0.323 e. The number of amides is 4. The van der Waals surface area contributed by atoms with Crippen molar-refractivity contribution in [2.75, 3.05) is 16.0 Å². The highest BCUT2D eigenvalue weighted by atomic mass is 16.2. The van der Waals surface area contributed by atoms with Crippen molar-refractivity contribution in [1.82, 2.24) is 5.32 Å². The third-order valence-corrected chi connectivity index (χ3v) is 3.95. The van der Waals surface area contributed by atoms with Crippen LogP contribution in [0.2, 0.25) is 0 Å². The van der Waals surface area contributed by atoms with E-state index in [9.17, 15) is 9.59 Å². The Hall–Kier alpha value is -3.80. The minimum Gasteiger partial charge on any atom is -0.334 e. The van der Waals surface area contributed by atoms with Gasteiger partial charge in [-0.3, -0.25) is 0 Å². The van der Waals surface area contributed by atoms with E-state index in [0.717, 1.165) is 11.1 Å². The number of nitrogens with one attached hydrogen (secondary N) is 4. The maximum absolute atomic E-state index is 12.1. The molecule has 0 aromatic heterocycles. The van der Waals surface area contributed by atoms with Gasteiger partial charge < -0.3 is 21.3 Å². The molecule has 0 spiro atoms. The first-order chi connectivity index (χ1) is 13.6. The van der Waals surface area contributed by atoms with Crippen molar-refractivity contribution < 1.29 is 9.59 Å². The topological polar surface area (TPSA) is 82.3 Å². The lowest BCUT2D eigenvalue weighted by atomic mass is 10.1. The monoisotopic (exact) mass is 374 g/mol. The molecule has 0 bridgehead atoms. The number of para-hydroxylation sites is 1. The van der Waals surface area contributed by atoms with Crippen LogP contribution in [0.4, 0.5) is 26.7 Å². The van der Waals surface area contributed by atoms with Gasteiger partial charge >= 0.3 is 12.1 Å². The summed E-state index contributed by atoms with van der Waals surface area (Å²) in [6.45, 7) is 2.45. The van der Waals surface area contributed by atoms with E-state index in [4.69, 9.17) is 0 Å². The van der Waals surface area contributed by atoms with Gasteiger partial charge in [-0.1, -0.05) is 54.1 Å². The van der Waals surface area contributed by atoms with Crippen LogP contribution in [0.25, 0.3) is 0 Å². The van der Waals surface area contributed by atoms with Crippen molar-refractivity contribution in [2.24, 2.45) is 0 Å². The van der Waals surface area contributed by atoms with Crippen LogP contribution in [-0.4, -0.2) is 12.1 Å². The Bertz CT molecular complexity index is 958. The molecule has 0 unspecified atom stereocenters. The molecule has 3 aromatic carbocycles. The Balaban J connectivity index is 1.52. The summed E-state index contributed by atoms with van der Waals surface area (Å²) in [6.07, 6.45) is 0.